The predicted molar refractivity (Wildman–Crippen MR) is 130 cm³/mol. The molecule has 0 saturated carbocycles. The second-order valence-corrected chi connectivity index (χ2v) is 10.3. The molecular weight excluding hydrogens is 464 g/mol. The van der Waals surface area contributed by atoms with Crippen LogP contribution in [0.15, 0.2) is 40.3 Å². The van der Waals surface area contributed by atoms with Crippen molar-refractivity contribution < 1.29 is 23.9 Å². The lowest BCUT2D eigenvalue weighted by atomic mass is 10.2. The molecule has 11 heteroatoms. The number of rotatable bonds is 13. The minimum absolute atomic E-state index is 0.0421. The summed E-state index contributed by atoms with van der Waals surface area (Å²) in [5, 5.41) is 5.41. The van der Waals surface area contributed by atoms with Crippen molar-refractivity contribution in [1.29, 1.82) is 0 Å². The Hall–Kier alpha value is -2.49. The Kier molecular flexibility index (Phi) is 13.3. The zero-order valence-electron chi connectivity index (χ0n) is 19.1. The number of nitrogens with one attached hydrogen (secondary N) is 1. The summed E-state index contributed by atoms with van der Waals surface area (Å²) in [6, 6.07) is 8.03. The monoisotopic (exact) mass is 494 g/mol. The average molecular weight is 495 g/mol. The number of carbonyl (C=O) groups is 4. The maximum Gasteiger partial charge on any atom is 0.307 e. The second-order valence-electron chi connectivity index (χ2n) is 8.03. The normalized spacial score (nSPS) is 11.7. The molecule has 1 rings (SSSR count). The molecule has 1 aromatic carbocycles. The molecule has 1 atom stereocenters. The van der Waals surface area contributed by atoms with Gasteiger partial charge in [-0.15, -0.1) is 0 Å². The highest BCUT2D eigenvalue weighted by Gasteiger charge is 2.25. The van der Waals surface area contributed by atoms with Crippen molar-refractivity contribution in [2.45, 2.75) is 69.4 Å². The van der Waals surface area contributed by atoms with Crippen LogP contribution in [-0.2, 0) is 23.9 Å². The molecule has 1 N–H and O–H groups in total. The molecule has 0 saturated heterocycles. The molecule has 33 heavy (non-hydrogen) atoms. The van der Waals surface area contributed by atoms with Crippen molar-refractivity contribution in [2.75, 3.05) is 12.3 Å². The van der Waals surface area contributed by atoms with Gasteiger partial charge in [-0.1, -0.05) is 46.8 Å². The van der Waals surface area contributed by atoms with E-state index in [1.165, 1.54) is 0 Å². The van der Waals surface area contributed by atoms with Gasteiger partial charge in [-0.2, -0.15) is 0 Å². The van der Waals surface area contributed by atoms with Crippen LogP contribution >= 0.6 is 23.5 Å². The molecule has 0 fully saturated rings. The first-order valence-electron chi connectivity index (χ1n) is 10.5. The van der Waals surface area contributed by atoms with Crippen LogP contribution < -0.4 is 5.32 Å². The van der Waals surface area contributed by atoms with Gasteiger partial charge in [0.15, 0.2) is 5.12 Å². The Bertz CT molecular complexity index is 852. The molecule has 0 aromatic heterocycles. The van der Waals surface area contributed by atoms with Gasteiger partial charge in [0, 0.05) is 34.9 Å². The highest BCUT2D eigenvalue weighted by atomic mass is 32.2. The Morgan fingerprint density at radius 1 is 1.12 bits per heavy atom. The average Bonchev–Trinajstić information content (AvgIpc) is 2.72. The zero-order chi connectivity index (χ0) is 24.7. The molecule has 0 aliphatic rings. The summed E-state index contributed by atoms with van der Waals surface area (Å²) in [6.45, 7) is 5.57. The number of unbranched alkanes of at least 4 members (excludes halogenated alkanes) is 1. The fourth-order valence-electron chi connectivity index (χ4n) is 2.53. The summed E-state index contributed by atoms with van der Waals surface area (Å²) in [5.74, 6) is -0.592. The van der Waals surface area contributed by atoms with E-state index < -0.39 is 17.6 Å². The van der Waals surface area contributed by atoms with Crippen molar-refractivity contribution in [2.24, 2.45) is 5.11 Å². The van der Waals surface area contributed by atoms with E-state index in [2.05, 4.69) is 15.3 Å². The molecule has 0 bridgehead atoms. The molecule has 9 nitrogen and oxygen atoms in total. The van der Waals surface area contributed by atoms with Crippen molar-refractivity contribution in [3.63, 3.8) is 0 Å². The van der Waals surface area contributed by atoms with Gasteiger partial charge < -0.3 is 10.1 Å². The maximum atomic E-state index is 12.7. The van der Waals surface area contributed by atoms with Gasteiger partial charge >= 0.3 is 5.97 Å². The van der Waals surface area contributed by atoms with Gasteiger partial charge in [-0.3, -0.25) is 19.2 Å². The summed E-state index contributed by atoms with van der Waals surface area (Å²) >= 11 is 1.90. The summed E-state index contributed by atoms with van der Waals surface area (Å²) in [7, 11) is 0. The van der Waals surface area contributed by atoms with Crippen LogP contribution in [0, 0.1) is 0 Å². The lowest BCUT2D eigenvalue weighted by Crippen LogP contribution is -2.41. The van der Waals surface area contributed by atoms with E-state index in [0.717, 1.165) is 28.4 Å². The molecule has 0 spiro atoms. The number of azide groups is 1. The van der Waals surface area contributed by atoms with E-state index in [4.69, 9.17) is 10.3 Å². The Balaban J connectivity index is 2.65. The minimum atomic E-state index is -0.998. The fraction of sp³-hybridized carbons (Fsp3) is 0.545. The number of nitrogens with zero attached hydrogens (tertiary/aromatic N) is 3. The standard InChI is InChI=1S/C22H30N4O5S2/c1-22(2,3)31-19(28)12-14-32-21(30)17(25-18(27)11-7-8-13-24-26-23)15-20(29)33-16-9-5-4-6-10-16/h4-6,9-10,17H,7-8,11-15H2,1-3H3,(H,25,27)/t17-/m0/s1. The smallest absolute Gasteiger partial charge is 0.307 e. The molecule has 0 aliphatic heterocycles. The summed E-state index contributed by atoms with van der Waals surface area (Å²) < 4.78 is 5.23. The Labute approximate surface area is 202 Å². The van der Waals surface area contributed by atoms with Gasteiger partial charge in [0.05, 0.1) is 6.42 Å². The number of benzene rings is 1. The Morgan fingerprint density at radius 2 is 1.82 bits per heavy atom. The largest absolute Gasteiger partial charge is 0.460 e. The van der Waals surface area contributed by atoms with Crippen molar-refractivity contribution in [3.05, 3.63) is 40.8 Å². The van der Waals surface area contributed by atoms with Crippen molar-refractivity contribution in [1.82, 2.24) is 5.32 Å². The molecule has 0 heterocycles. The van der Waals surface area contributed by atoms with Crippen LogP contribution in [0.3, 0.4) is 0 Å². The van der Waals surface area contributed by atoms with Gasteiger partial charge in [0.1, 0.15) is 11.6 Å². The van der Waals surface area contributed by atoms with Crippen LogP contribution in [0.2, 0.25) is 0 Å². The number of hydrogen-bond donors (Lipinski definition) is 1. The molecule has 180 valence electrons. The topological polar surface area (TPSA) is 138 Å². The van der Waals surface area contributed by atoms with Crippen LogP contribution in [0.25, 0.3) is 10.4 Å². The van der Waals surface area contributed by atoms with E-state index in [9.17, 15) is 19.2 Å². The summed E-state index contributed by atoms with van der Waals surface area (Å²) in [5.41, 5.74) is 7.67. The van der Waals surface area contributed by atoms with E-state index in [1.807, 2.05) is 18.2 Å². The lowest BCUT2D eigenvalue weighted by molar-refractivity contribution is -0.154. The van der Waals surface area contributed by atoms with Crippen LogP contribution in [-0.4, -0.2) is 46.0 Å². The van der Waals surface area contributed by atoms with Gasteiger partial charge in [0.25, 0.3) is 0 Å². The van der Waals surface area contributed by atoms with Gasteiger partial charge in [-0.25, -0.2) is 0 Å². The molecule has 0 aliphatic carbocycles. The highest BCUT2D eigenvalue weighted by Crippen LogP contribution is 2.22. The maximum absolute atomic E-state index is 12.7. The number of hydrogen-bond acceptors (Lipinski definition) is 8. The fourth-order valence-corrected chi connectivity index (χ4v) is 4.15. The SMILES string of the molecule is CC(C)(C)OC(=O)CCSC(=O)[C@H](CC(=O)Sc1ccccc1)NC(=O)CCCCN=[N+]=[N-]. The zero-order valence-corrected chi connectivity index (χ0v) is 20.7. The number of carbonyl (C=O) groups excluding carboxylic acids is 4. The minimum Gasteiger partial charge on any atom is -0.460 e. The first kappa shape index (κ1) is 28.5. The first-order valence-corrected chi connectivity index (χ1v) is 12.4. The van der Waals surface area contributed by atoms with Crippen molar-refractivity contribution in [3.8, 4) is 0 Å². The van der Waals surface area contributed by atoms with Crippen LogP contribution in [0.1, 0.15) is 52.9 Å². The second kappa shape index (κ2) is 15.4. The van der Waals surface area contributed by atoms with Crippen LogP contribution in [0.5, 0.6) is 0 Å². The number of thioether (sulfide) groups is 2. The van der Waals surface area contributed by atoms with E-state index in [0.29, 0.717) is 19.4 Å². The van der Waals surface area contributed by atoms with Crippen LogP contribution in [0.4, 0.5) is 0 Å². The molecule has 0 unspecified atom stereocenters. The first-order chi connectivity index (χ1) is 15.6. The van der Waals surface area contributed by atoms with E-state index >= 15 is 0 Å². The van der Waals surface area contributed by atoms with E-state index in [1.54, 1.807) is 32.9 Å². The molecule has 0 radical (unpaired) electrons. The quantitative estimate of drug-likeness (QED) is 0.105. The number of ether oxygens (including phenoxy) is 1. The summed E-state index contributed by atoms with van der Waals surface area (Å²) in [4.78, 5) is 52.8. The summed E-state index contributed by atoms with van der Waals surface area (Å²) in [6.07, 6.45) is 1.06. The van der Waals surface area contributed by atoms with E-state index in [-0.39, 0.29) is 41.2 Å². The third-order valence-electron chi connectivity index (χ3n) is 3.91. The van der Waals surface area contributed by atoms with Gasteiger partial charge in [0.2, 0.25) is 11.0 Å². The highest BCUT2D eigenvalue weighted by molar-refractivity contribution is 8.14. The number of amides is 1. The van der Waals surface area contributed by atoms with Crippen molar-refractivity contribution >= 4 is 45.6 Å². The third-order valence-corrected chi connectivity index (χ3v) is 5.79. The molecular formula is C22H30N4O5S2. The molecule has 1 aromatic rings. The Morgan fingerprint density at radius 3 is 2.45 bits per heavy atom. The molecule has 1 amide bonds. The predicted octanol–water partition coefficient (Wildman–Crippen LogP) is 4.65. The third kappa shape index (κ3) is 14.3. The lowest BCUT2D eigenvalue weighted by Gasteiger charge is -2.19. The number of esters is 1. The van der Waals surface area contributed by atoms with Gasteiger partial charge in [-0.05, 0) is 51.3 Å².